The van der Waals surface area contributed by atoms with Gasteiger partial charge in [0.25, 0.3) is 6.15 Å². The van der Waals surface area contributed by atoms with Crippen molar-refractivity contribution in [2.75, 3.05) is 0 Å². The second-order valence-electron chi connectivity index (χ2n) is 6.16. The zero-order valence-corrected chi connectivity index (χ0v) is 15.1. The first kappa shape index (κ1) is 19.4. The first-order valence-corrected chi connectivity index (χ1v) is 8.60. The molecule has 0 amide bonds. The number of rotatable bonds is 2. The highest BCUT2D eigenvalue weighted by molar-refractivity contribution is 6.98. The minimum atomic E-state index is -2.04. The molecule has 2 aromatic carbocycles. The van der Waals surface area contributed by atoms with Crippen molar-refractivity contribution in [2.45, 2.75) is 6.82 Å². The molecule has 0 bridgehead atoms. The molecule has 0 saturated heterocycles. The Bertz CT molecular complexity index is 904. The topological polar surface area (TPSA) is 71.4 Å². The predicted octanol–water partition coefficient (Wildman–Crippen LogP) is 5.07. The van der Waals surface area contributed by atoms with Crippen LogP contribution in [0.25, 0.3) is 5.57 Å². The Kier molecular flexibility index (Phi) is 6.84. The normalized spacial score (nSPS) is 11.7. The van der Waals surface area contributed by atoms with E-state index in [9.17, 15) is 0 Å². The highest BCUT2D eigenvalue weighted by atomic mass is 14.3. The third kappa shape index (κ3) is 5.27. The molecule has 0 spiro atoms. The van der Waals surface area contributed by atoms with Crippen molar-refractivity contribution < 1.29 is 0 Å². The minimum absolute atomic E-state index is 1.25. The standard InChI is InChI=1S/C19H15.C4H3BN3/c1-4-10-16(11-5-1)19(17-12-6-2-7-13-17)18-14-8-3-9-15-18;1-5(2-6,3-7)4-8/h1-15H;1H3/q+1;-1. The molecule has 0 radical (unpaired) electrons. The van der Waals surface area contributed by atoms with Gasteiger partial charge in [-0.25, -0.2) is 15.8 Å². The number of hydrogen-bond acceptors (Lipinski definition) is 3. The highest BCUT2D eigenvalue weighted by Gasteiger charge is 2.17. The van der Waals surface area contributed by atoms with Crippen molar-refractivity contribution in [3.8, 4) is 17.9 Å². The predicted molar refractivity (Wildman–Crippen MR) is 110 cm³/mol. The Morgan fingerprint density at radius 2 is 1.26 bits per heavy atom. The van der Waals surface area contributed by atoms with E-state index in [-0.39, 0.29) is 0 Å². The molecule has 2 aromatic rings. The van der Waals surface area contributed by atoms with Crippen LogP contribution in [0.3, 0.4) is 0 Å². The lowest BCUT2D eigenvalue weighted by molar-refractivity contribution is 1.46. The van der Waals surface area contributed by atoms with Crippen molar-refractivity contribution in [2.24, 2.45) is 0 Å². The van der Waals surface area contributed by atoms with Crippen LogP contribution < -0.4 is 0 Å². The van der Waals surface area contributed by atoms with E-state index in [0.29, 0.717) is 0 Å². The number of benzene rings is 2. The van der Waals surface area contributed by atoms with Crippen molar-refractivity contribution in [3.05, 3.63) is 108 Å². The summed E-state index contributed by atoms with van der Waals surface area (Å²) in [5.41, 5.74) is 5.03. The summed E-state index contributed by atoms with van der Waals surface area (Å²) in [6, 6.07) is 21.1. The fraction of sp³-hybridized carbons (Fsp3) is 0.0435. The van der Waals surface area contributed by atoms with E-state index in [1.54, 1.807) is 17.9 Å². The van der Waals surface area contributed by atoms with Crippen LogP contribution in [0.5, 0.6) is 0 Å². The van der Waals surface area contributed by atoms with E-state index in [2.05, 4.69) is 91.4 Å². The molecule has 4 heteroatoms. The Morgan fingerprint density at radius 3 is 1.59 bits per heavy atom. The molecule has 0 aromatic heterocycles. The summed E-state index contributed by atoms with van der Waals surface area (Å²) in [5, 5.41) is 24.4. The zero-order chi connectivity index (χ0) is 19.5. The first-order chi connectivity index (χ1) is 13.1. The van der Waals surface area contributed by atoms with E-state index in [1.807, 2.05) is 0 Å². The van der Waals surface area contributed by atoms with Crippen LogP contribution in [0.15, 0.2) is 90.5 Å². The van der Waals surface area contributed by atoms with Gasteiger partial charge in [-0.3, -0.25) is 0 Å². The quantitative estimate of drug-likeness (QED) is 0.562. The van der Waals surface area contributed by atoms with Crippen molar-refractivity contribution in [3.63, 3.8) is 0 Å². The SMILES string of the molecule is C1=C[CH+]C(=C(c2ccccc2)c2ccccc2)C=C1.C[B-](C#N)(C#N)C#N. The second-order valence-corrected chi connectivity index (χ2v) is 6.16. The summed E-state index contributed by atoms with van der Waals surface area (Å²) in [7, 11) is 0. The van der Waals surface area contributed by atoms with E-state index in [0.717, 1.165) is 0 Å². The number of nitriles is 3. The molecule has 128 valence electrons. The fourth-order valence-corrected chi connectivity index (χ4v) is 2.40. The molecule has 0 saturated carbocycles. The number of hydrogen-bond donors (Lipinski definition) is 0. The summed E-state index contributed by atoms with van der Waals surface area (Å²) < 4.78 is 0. The molecular formula is C23H18BN3. The molecule has 3 rings (SSSR count). The maximum absolute atomic E-state index is 8.12. The zero-order valence-electron chi connectivity index (χ0n) is 15.1. The lowest BCUT2D eigenvalue weighted by Gasteiger charge is -2.08. The van der Waals surface area contributed by atoms with Crippen molar-refractivity contribution in [1.29, 1.82) is 15.8 Å². The lowest BCUT2D eigenvalue weighted by atomic mass is 9.31. The Morgan fingerprint density at radius 1 is 0.778 bits per heavy atom. The third-order valence-corrected chi connectivity index (χ3v) is 3.96. The molecule has 0 fully saturated rings. The average Bonchev–Trinajstić information content (AvgIpc) is 2.76. The van der Waals surface area contributed by atoms with Crippen LogP contribution in [-0.4, -0.2) is 6.15 Å². The van der Waals surface area contributed by atoms with Gasteiger partial charge in [0.05, 0.1) is 5.57 Å². The van der Waals surface area contributed by atoms with E-state index in [4.69, 9.17) is 15.8 Å². The smallest absolute Gasteiger partial charge is 0.247 e. The molecule has 27 heavy (non-hydrogen) atoms. The maximum Gasteiger partial charge on any atom is 0.296 e. The lowest BCUT2D eigenvalue weighted by Crippen LogP contribution is -2.23. The molecule has 0 unspecified atom stereocenters. The average molecular weight is 347 g/mol. The third-order valence-electron chi connectivity index (χ3n) is 3.96. The highest BCUT2D eigenvalue weighted by Crippen LogP contribution is 2.29. The molecular weight excluding hydrogens is 329 g/mol. The second kappa shape index (κ2) is 9.52. The van der Waals surface area contributed by atoms with Gasteiger partial charge in [-0.1, -0.05) is 36.4 Å². The van der Waals surface area contributed by atoms with Crippen LogP contribution in [0.1, 0.15) is 11.1 Å². The molecule has 1 aliphatic carbocycles. The fourth-order valence-electron chi connectivity index (χ4n) is 2.40. The molecule has 0 heterocycles. The van der Waals surface area contributed by atoms with Crippen molar-refractivity contribution in [1.82, 2.24) is 0 Å². The van der Waals surface area contributed by atoms with Crippen molar-refractivity contribution >= 4 is 11.7 Å². The molecule has 0 N–H and O–H groups in total. The van der Waals surface area contributed by atoms with Gasteiger partial charge in [-0.2, -0.15) is 6.82 Å². The van der Waals surface area contributed by atoms with Crippen LogP contribution in [-0.2, 0) is 0 Å². The van der Waals surface area contributed by atoms with Crippen LogP contribution in [0.2, 0.25) is 6.82 Å². The van der Waals surface area contributed by atoms with Crippen LogP contribution in [0.4, 0.5) is 0 Å². The first-order valence-electron chi connectivity index (χ1n) is 8.60. The number of nitrogens with zero attached hydrogens (tertiary/aromatic N) is 3. The maximum atomic E-state index is 8.12. The summed E-state index contributed by atoms with van der Waals surface area (Å²) >= 11 is 0. The number of allylic oxidation sites excluding steroid dienone is 5. The summed E-state index contributed by atoms with van der Waals surface area (Å²) in [6.07, 6.45) is 8.50. The van der Waals surface area contributed by atoms with Gasteiger partial charge in [0.2, 0.25) is 0 Å². The Balaban J connectivity index is 0.000000279. The van der Waals surface area contributed by atoms with Crippen LogP contribution in [0, 0.1) is 40.1 Å². The molecule has 0 atom stereocenters. The molecule has 1 aliphatic rings. The van der Waals surface area contributed by atoms with E-state index < -0.39 is 6.15 Å². The van der Waals surface area contributed by atoms with Gasteiger partial charge in [-0.05, 0) is 24.3 Å². The monoisotopic (exact) mass is 347 g/mol. The summed E-state index contributed by atoms with van der Waals surface area (Å²) in [5.74, 6) is 4.85. The van der Waals surface area contributed by atoms with Gasteiger partial charge < -0.3 is 0 Å². The summed E-state index contributed by atoms with van der Waals surface area (Å²) in [6.45, 7) is 1.33. The Labute approximate surface area is 160 Å². The minimum Gasteiger partial charge on any atom is -0.247 e. The van der Waals surface area contributed by atoms with E-state index in [1.165, 1.54) is 29.1 Å². The molecule has 3 nitrogen and oxygen atoms in total. The summed E-state index contributed by atoms with van der Waals surface area (Å²) in [4.78, 5) is 0. The molecule has 0 aliphatic heterocycles. The largest absolute Gasteiger partial charge is 0.296 e. The van der Waals surface area contributed by atoms with Crippen LogP contribution >= 0.6 is 0 Å². The van der Waals surface area contributed by atoms with Gasteiger partial charge in [0.15, 0.2) is 0 Å². The van der Waals surface area contributed by atoms with Gasteiger partial charge in [-0.15, -0.1) is 17.9 Å². The van der Waals surface area contributed by atoms with Gasteiger partial charge in [0.1, 0.15) is 5.57 Å². The van der Waals surface area contributed by atoms with Gasteiger partial charge >= 0.3 is 0 Å². The van der Waals surface area contributed by atoms with Gasteiger partial charge in [0, 0.05) is 41.9 Å². The van der Waals surface area contributed by atoms with E-state index >= 15 is 0 Å². The Hall–Kier alpha value is -3.94.